The summed E-state index contributed by atoms with van der Waals surface area (Å²) in [6.07, 6.45) is -0.144. The van der Waals surface area contributed by atoms with Crippen LogP contribution in [0.2, 0.25) is 0 Å². The highest BCUT2D eigenvalue weighted by atomic mass is 79.9. The van der Waals surface area contributed by atoms with Gasteiger partial charge in [0.25, 0.3) is 0 Å². The lowest BCUT2D eigenvalue weighted by Crippen LogP contribution is -2.46. The summed E-state index contributed by atoms with van der Waals surface area (Å²) in [4.78, 5) is 38.6. The Labute approximate surface area is 162 Å². The number of hydrogen-bond donors (Lipinski definition) is 0. The number of rotatable bonds is 4. The number of carbonyl (C=O) groups excluding carboxylic acids is 3. The van der Waals surface area contributed by atoms with Gasteiger partial charge in [-0.3, -0.25) is 4.79 Å². The van der Waals surface area contributed by atoms with Gasteiger partial charge in [-0.15, -0.1) is 0 Å². The van der Waals surface area contributed by atoms with Crippen LogP contribution >= 0.6 is 15.9 Å². The average Bonchev–Trinajstić information content (AvgIpc) is 2.83. The van der Waals surface area contributed by atoms with Crippen molar-refractivity contribution in [2.45, 2.75) is 52.2 Å². The van der Waals surface area contributed by atoms with Crippen molar-refractivity contribution in [2.24, 2.45) is 5.92 Å². The molecule has 0 aromatic heterocycles. The molecule has 1 aromatic rings. The molecule has 1 fully saturated rings. The first-order valence-electron chi connectivity index (χ1n) is 8.59. The van der Waals surface area contributed by atoms with Crippen molar-refractivity contribution in [3.8, 4) is 0 Å². The third-order valence-electron chi connectivity index (χ3n) is 3.93. The molecule has 1 heterocycles. The first-order chi connectivity index (χ1) is 12.1. The Balaban J connectivity index is 2.24. The summed E-state index contributed by atoms with van der Waals surface area (Å²) in [6.45, 7) is 7.00. The van der Waals surface area contributed by atoms with E-state index >= 15 is 0 Å². The second-order valence-electron chi connectivity index (χ2n) is 7.22. The SMILES string of the molecule is CCOC(=O)[C@H]1C[C@H](Cc2cccc(Br)c2)C(=O)N1C(=O)OC(C)(C)C. The Bertz CT molecular complexity index is 697. The molecular weight excluding hydrogens is 402 g/mol. The largest absolute Gasteiger partial charge is 0.464 e. The minimum absolute atomic E-state index is 0.183. The number of carbonyl (C=O) groups is 3. The molecule has 2 rings (SSSR count). The molecule has 7 heteroatoms. The van der Waals surface area contributed by atoms with Gasteiger partial charge in [-0.25, -0.2) is 14.5 Å². The zero-order valence-electron chi connectivity index (χ0n) is 15.5. The monoisotopic (exact) mass is 425 g/mol. The third-order valence-corrected chi connectivity index (χ3v) is 4.42. The molecule has 0 N–H and O–H groups in total. The van der Waals surface area contributed by atoms with E-state index in [4.69, 9.17) is 9.47 Å². The molecule has 0 radical (unpaired) electrons. The minimum atomic E-state index is -0.950. The quantitative estimate of drug-likeness (QED) is 0.687. The van der Waals surface area contributed by atoms with Gasteiger partial charge in [-0.1, -0.05) is 28.1 Å². The van der Waals surface area contributed by atoms with Crippen LogP contribution in [-0.4, -0.2) is 41.1 Å². The van der Waals surface area contributed by atoms with Gasteiger partial charge >= 0.3 is 12.1 Å². The van der Waals surface area contributed by atoms with Gasteiger partial charge in [0, 0.05) is 10.4 Å². The number of esters is 1. The summed E-state index contributed by atoms with van der Waals surface area (Å²) in [5, 5.41) is 0. The fourth-order valence-electron chi connectivity index (χ4n) is 2.91. The van der Waals surface area contributed by atoms with E-state index in [9.17, 15) is 14.4 Å². The molecule has 6 nitrogen and oxygen atoms in total. The highest BCUT2D eigenvalue weighted by Crippen LogP contribution is 2.30. The van der Waals surface area contributed by atoms with Crippen LogP contribution in [0.4, 0.5) is 4.79 Å². The van der Waals surface area contributed by atoms with E-state index in [1.165, 1.54) is 0 Å². The molecule has 2 atom stereocenters. The van der Waals surface area contributed by atoms with Crippen LogP contribution in [0.15, 0.2) is 28.7 Å². The summed E-state index contributed by atoms with van der Waals surface area (Å²) in [7, 11) is 0. The van der Waals surface area contributed by atoms with Crippen LogP contribution in [0, 0.1) is 5.92 Å². The Hall–Kier alpha value is -1.89. The van der Waals surface area contributed by atoms with Gasteiger partial charge in [0.1, 0.15) is 11.6 Å². The smallest absolute Gasteiger partial charge is 0.417 e. The van der Waals surface area contributed by atoms with Crippen LogP contribution in [-0.2, 0) is 25.5 Å². The maximum atomic E-state index is 12.8. The Morgan fingerprint density at radius 3 is 2.58 bits per heavy atom. The van der Waals surface area contributed by atoms with Crippen LogP contribution < -0.4 is 0 Å². The highest BCUT2D eigenvalue weighted by molar-refractivity contribution is 9.10. The fraction of sp³-hybridized carbons (Fsp3) is 0.526. The van der Waals surface area contributed by atoms with Crippen molar-refractivity contribution in [1.29, 1.82) is 0 Å². The molecule has 1 aliphatic heterocycles. The molecule has 1 saturated heterocycles. The van der Waals surface area contributed by atoms with E-state index in [2.05, 4.69) is 15.9 Å². The zero-order chi connectivity index (χ0) is 19.5. The second-order valence-corrected chi connectivity index (χ2v) is 8.14. The molecule has 2 amide bonds. The molecule has 0 saturated carbocycles. The van der Waals surface area contributed by atoms with E-state index in [1.54, 1.807) is 27.7 Å². The first-order valence-corrected chi connectivity index (χ1v) is 9.38. The standard InChI is InChI=1S/C19H24BrNO5/c1-5-25-17(23)15-11-13(9-12-7-6-8-14(20)10-12)16(22)21(15)18(24)26-19(2,3)4/h6-8,10,13,15H,5,9,11H2,1-4H3/t13-,15+/m0/s1. The number of amides is 2. The maximum Gasteiger partial charge on any atom is 0.417 e. The van der Waals surface area contributed by atoms with Gasteiger partial charge in [-0.2, -0.15) is 0 Å². The molecule has 142 valence electrons. The van der Waals surface area contributed by atoms with Crippen molar-refractivity contribution in [3.05, 3.63) is 34.3 Å². The summed E-state index contributed by atoms with van der Waals surface area (Å²) in [5.74, 6) is -1.47. The van der Waals surface area contributed by atoms with Crippen molar-refractivity contribution < 1.29 is 23.9 Å². The van der Waals surface area contributed by atoms with Crippen molar-refractivity contribution >= 4 is 33.9 Å². The predicted molar refractivity (Wildman–Crippen MR) is 99.5 cm³/mol. The third kappa shape index (κ3) is 5.06. The topological polar surface area (TPSA) is 72.9 Å². The van der Waals surface area contributed by atoms with E-state index in [0.717, 1.165) is 14.9 Å². The van der Waals surface area contributed by atoms with Crippen LogP contribution in [0.3, 0.4) is 0 Å². The highest BCUT2D eigenvalue weighted by Gasteiger charge is 2.48. The zero-order valence-corrected chi connectivity index (χ0v) is 17.0. The van der Waals surface area contributed by atoms with Gasteiger partial charge < -0.3 is 9.47 Å². The summed E-state index contributed by atoms with van der Waals surface area (Å²) in [5.41, 5.74) is 0.185. The molecule has 0 bridgehead atoms. The van der Waals surface area contributed by atoms with E-state index in [1.807, 2.05) is 24.3 Å². The minimum Gasteiger partial charge on any atom is -0.464 e. The number of halogens is 1. The van der Waals surface area contributed by atoms with Gasteiger partial charge in [0.05, 0.1) is 6.61 Å². The predicted octanol–water partition coefficient (Wildman–Crippen LogP) is 3.71. The lowest BCUT2D eigenvalue weighted by molar-refractivity contribution is -0.151. The van der Waals surface area contributed by atoms with Crippen molar-refractivity contribution in [2.75, 3.05) is 6.61 Å². The Morgan fingerprint density at radius 1 is 1.31 bits per heavy atom. The van der Waals surface area contributed by atoms with Crippen LogP contribution in [0.1, 0.15) is 39.7 Å². The summed E-state index contributed by atoms with van der Waals surface area (Å²) in [6, 6.07) is 6.66. The molecule has 1 aliphatic rings. The van der Waals surface area contributed by atoms with Crippen molar-refractivity contribution in [3.63, 3.8) is 0 Å². The van der Waals surface area contributed by atoms with E-state index < -0.39 is 35.5 Å². The second kappa shape index (κ2) is 8.20. The number of imide groups is 1. The van der Waals surface area contributed by atoms with Gasteiger partial charge in [0.2, 0.25) is 5.91 Å². The van der Waals surface area contributed by atoms with Crippen LogP contribution in [0.25, 0.3) is 0 Å². The van der Waals surface area contributed by atoms with E-state index in [-0.39, 0.29) is 13.0 Å². The number of benzene rings is 1. The normalized spacial score (nSPS) is 20.2. The van der Waals surface area contributed by atoms with Gasteiger partial charge in [-0.05, 0) is 58.2 Å². The molecule has 0 unspecified atom stereocenters. The number of likely N-dealkylation sites (tertiary alicyclic amines) is 1. The number of nitrogens with zero attached hydrogens (tertiary/aromatic N) is 1. The molecule has 0 spiro atoms. The first kappa shape index (κ1) is 20.4. The molecule has 1 aromatic carbocycles. The lowest BCUT2D eigenvalue weighted by Gasteiger charge is -2.26. The summed E-state index contributed by atoms with van der Waals surface area (Å²) < 4.78 is 11.3. The molecule has 0 aliphatic carbocycles. The molecular formula is C19H24BrNO5. The average molecular weight is 426 g/mol. The Kier molecular flexibility index (Phi) is 6.44. The number of ether oxygens (including phenoxy) is 2. The molecule has 26 heavy (non-hydrogen) atoms. The fourth-order valence-corrected chi connectivity index (χ4v) is 3.36. The van der Waals surface area contributed by atoms with E-state index in [0.29, 0.717) is 6.42 Å². The summed E-state index contributed by atoms with van der Waals surface area (Å²) >= 11 is 3.41. The number of hydrogen-bond acceptors (Lipinski definition) is 5. The van der Waals surface area contributed by atoms with Crippen LogP contribution in [0.5, 0.6) is 0 Å². The maximum absolute atomic E-state index is 12.8. The van der Waals surface area contributed by atoms with Gasteiger partial charge in [0.15, 0.2) is 0 Å². The lowest BCUT2D eigenvalue weighted by atomic mass is 9.96. The van der Waals surface area contributed by atoms with Crippen molar-refractivity contribution in [1.82, 2.24) is 4.90 Å². The Morgan fingerprint density at radius 2 is 2.00 bits per heavy atom.